The van der Waals surface area contributed by atoms with Crippen molar-refractivity contribution >= 4 is 11.8 Å². The van der Waals surface area contributed by atoms with Gasteiger partial charge in [0.05, 0.1) is 12.6 Å². The van der Waals surface area contributed by atoms with Gasteiger partial charge in [0.2, 0.25) is 11.8 Å². The van der Waals surface area contributed by atoms with E-state index in [-0.39, 0.29) is 23.9 Å². The molecule has 1 aliphatic rings. The van der Waals surface area contributed by atoms with Crippen LogP contribution in [-0.4, -0.2) is 42.4 Å². The Morgan fingerprint density at radius 2 is 2.11 bits per heavy atom. The zero-order chi connectivity index (χ0) is 14.5. The number of carbonyl (C=O) groups is 2. The van der Waals surface area contributed by atoms with Gasteiger partial charge in [-0.05, 0) is 31.2 Å². The summed E-state index contributed by atoms with van der Waals surface area (Å²) in [5, 5.41) is 3.30. The highest BCUT2D eigenvalue weighted by atomic mass is 16.2. The Hall–Kier alpha value is -1.10. The van der Waals surface area contributed by atoms with Crippen molar-refractivity contribution in [3.63, 3.8) is 0 Å². The summed E-state index contributed by atoms with van der Waals surface area (Å²) in [5.41, 5.74) is 5.17. The lowest BCUT2D eigenvalue weighted by molar-refractivity contribution is -0.140. The van der Waals surface area contributed by atoms with E-state index in [0.717, 1.165) is 32.2 Å². The molecule has 1 rings (SSSR count). The van der Waals surface area contributed by atoms with Gasteiger partial charge < -0.3 is 16.0 Å². The molecule has 1 fully saturated rings. The monoisotopic (exact) mass is 269 g/mol. The molecule has 0 aromatic rings. The number of unbranched alkanes of at least 4 members (excludes halogenated alkanes) is 1. The Balaban J connectivity index is 2.75. The molecular formula is C14H27N3O2. The number of rotatable bonds is 6. The first-order chi connectivity index (χ1) is 8.88. The van der Waals surface area contributed by atoms with Crippen LogP contribution in [0.5, 0.6) is 0 Å². The number of hydrogen-bond acceptors (Lipinski definition) is 3. The van der Waals surface area contributed by atoms with Crippen molar-refractivity contribution in [1.29, 1.82) is 0 Å². The van der Waals surface area contributed by atoms with E-state index in [2.05, 4.69) is 26.1 Å². The molecular weight excluding hydrogens is 242 g/mol. The molecule has 0 saturated carbocycles. The van der Waals surface area contributed by atoms with Gasteiger partial charge in [-0.1, -0.05) is 27.2 Å². The molecule has 0 aliphatic carbocycles. The quantitative estimate of drug-likeness (QED) is 0.751. The normalized spacial score (nSPS) is 21.9. The predicted molar refractivity (Wildman–Crippen MR) is 75.5 cm³/mol. The third kappa shape index (κ3) is 4.49. The molecule has 2 amide bonds. The number of piperidine rings is 1. The molecule has 1 heterocycles. The van der Waals surface area contributed by atoms with E-state index < -0.39 is 5.91 Å². The van der Waals surface area contributed by atoms with Gasteiger partial charge in [-0.25, -0.2) is 0 Å². The Kier molecular flexibility index (Phi) is 5.79. The minimum atomic E-state index is -0.446. The molecule has 5 nitrogen and oxygen atoms in total. The Bertz CT molecular complexity index is 329. The lowest BCUT2D eigenvalue weighted by Gasteiger charge is -2.40. The topological polar surface area (TPSA) is 75.4 Å². The lowest BCUT2D eigenvalue weighted by Crippen LogP contribution is -2.57. The third-order valence-corrected chi connectivity index (χ3v) is 3.81. The summed E-state index contributed by atoms with van der Waals surface area (Å²) in [6.45, 7) is 7.75. The van der Waals surface area contributed by atoms with Crippen LogP contribution in [0.4, 0.5) is 0 Å². The molecule has 3 N–H and O–H groups in total. The summed E-state index contributed by atoms with van der Waals surface area (Å²) in [6.07, 6.45) is 3.99. The van der Waals surface area contributed by atoms with Crippen LogP contribution in [0.25, 0.3) is 0 Å². The molecule has 0 radical (unpaired) electrons. The van der Waals surface area contributed by atoms with Gasteiger partial charge in [0.1, 0.15) is 0 Å². The smallest absolute Gasteiger partial charge is 0.240 e. The highest BCUT2D eigenvalue weighted by molar-refractivity contribution is 5.87. The van der Waals surface area contributed by atoms with E-state index in [9.17, 15) is 9.59 Å². The number of primary amides is 1. The van der Waals surface area contributed by atoms with Crippen molar-refractivity contribution in [2.75, 3.05) is 19.6 Å². The summed E-state index contributed by atoms with van der Waals surface area (Å²) in [6, 6.07) is -0.211. The molecule has 1 aliphatic heterocycles. The van der Waals surface area contributed by atoms with E-state index in [1.54, 1.807) is 4.90 Å². The molecule has 0 bridgehead atoms. The second kappa shape index (κ2) is 6.89. The van der Waals surface area contributed by atoms with Crippen LogP contribution in [-0.2, 0) is 9.59 Å². The van der Waals surface area contributed by atoms with E-state index in [1.807, 2.05) is 0 Å². The average molecular weight is 269 g/mol. The van der Waals surface area contributed by atoms with Crippen LogP contribution in [0.15, 0.2) is 0 Å². The van der Waals surface area contributed by atoms with Crippen molar-refractivity contribution in [3.8, 4) is 0 Å². The Labute approximate surface area is 115 Å². The van der Waals surface area contributed by atoms with Crippen molar-refractivity contribution < 1.29 is 9.59 Å². The molecule has 0 aromatic heterocycles. The maximum atomic E-state index is 12.6. The predicted octanol–water partition coefficient (Wildman–Crippen LogP) is 0.879. The fraction of sp³-hybridized carbons (Fsp3) is 0.857. The molecule has 110 valence electrons. The summed E-state index contributed by atoms with van der Waals surface area (Å²) >= 11 is 0. The van der Waals surface area contributed by atoms with Gasteiger partial charge in [0, 0.05) is 6.54 Å². The minimum absolute atomic E-state index is 0.0111. The number of carbonyl (C=O) groups excluding carboxylic acids is 2. The van der Waals surface area contributed by atoms with Crippen LogP contribution in [0.2, 0.25) is 0 Å². The summed E-state index contributed by atoms with van der Waals surface area (Å²) in [7, 11) is 0. The molecule has 0 spiro atoms. The van der Waals surface area contributed by atoms with Crippen LogP contribution in [0.1, 0.15) is 46.5 Å². The summed E-state index contributed by atoms with van der Waals surface area (Å²) in [5.74, 6) is -0.435. The highest BCUT2D eigenvalue weighted by Crippen LogP contribution is 2.31. The molecule has 19 heavy (non-hydrogen) atoms. The van der Waals surface area contributed by atoms with Crippen LogP contribution in [0, 0.1) is 5.41 Å². The largest absolute Gasteiger partial charge is 0.368 e. The molecule has 1 atom stereocenters. The van der Waals surface area contributed by atoms with Gasteiger partial charge in [-0.15, -0.1) is 0 Å². The van der Waals surface area contributed by atoms with Crippen molar-refractivity contribution in [2.45, 2.75) is 52.5 Å². The first-order valence-corrected chi connectivity index (χ1v) is 7.19. The van der Waals surface area contributed by atoms with Crippen molar-refractivity contribution in [3.05, 3.63) is 0 Å². The Morgan fingerprint density at radius 3 is 2.63 bits per heavy atom. The molecule has 1 unspecified atom stereocenters. The molecule has 5 heteroatoms. The first-order valence-electron chi connectivity index (χ1n) is 7.19. The van der Waals surface area contributed by atoms with E-state index in [0.29, 0.717) is 6.54 Å². The SMILES string of the molecule is CCCCN(CC(N)=O)C(=O)C1NCCCC1(C)C. The lowest BCUT2D eigenvalue weighted by atomic mass is 9.77. The Morgan fingerprint density at radius 1 is 1.42 bits per heavy atom. The van der Waals surface area contributed by atoms with Crippen LogP contribution >= 0.6 is 0 Å². The van der Waals surface area contributed by atoms with E-state index in [4.69, 9.17) is 5.73 Å². The van der Waals surface area contributed by atoms with Crippen molar-refractivity contribution in [1.82, 2.24) is 10.2 Å². The second-order valence-corrected chi connectivity index (χ2v) is 6.06. The zero-order valence-electron chi connectivity index (χ0n) is 12.4. The third-order valence-electron chi connectivity index (χ3n) is 3.81. The van der Waals surface area contributed by atoms with Gasteiger partial charge in [-0.3, -0.25) is 9.59 Å². The number of nitrogens with two attached hydrogens (primary N) is 1. The fourth-order valence-electron chi connectivity index (χ4n) is 2.62. The van der Waals surface area contributed by atoms with Gasteiger partial charge in [0.25, 0.3) is 0 Å². The average Bonchev–Trinajstić information content (AvgIpc) is 2.32. The second-order valence-electron chi connectivity index (χ2n) is 6.06. The van der Waals surface area contributed by atoms with E-state index >= 15 is 0 Å². The number of nitrogens with zero attached hydrogens (tertiary/aromatic N) is 1. The maximum absolute atomic E-state index is 12.6. The number of hydrogen-bond donors (Lipinski definition) is 2. The molecule has 0 aromatic carbocycles. The summed E-state index contributed by atoms with van der Waals surface area (Å²) in [4.78, 5) is 25.3. The first kappa shape index (κ1) is 16.0. The standard InChI is InChI=1S/C14H27N3O2/c1-4-5-9-17(10-11(15)18)13(19)12-14(2,3)7-6-8-16-12/h12,16H,4-10H2,1-3H3,(H2,15,18). The van der Waals surface area contributed by atoms with Crippen LogP contribution in [0.3, 0.4) is 0 Å². The van der Waals surface area contributed by atoms with Gasteiger partial charge >= 0.3 is 0 Å². The fourth-order valence-corrected chi connectivity index (χ4v) is 2.62. The van der Waals surface area contributed by atoms with Gasteiger partial charge in [0.15, 0.2) is 0 Å². The van der Waals surface area contributed by atoms with Gasteiger partial charge in [-0.2, -0.15) is 0 Å². The highest BCUT2D eigenvalue weighted by Gasteiger charge is 2.39. The van der Waals surface area contributed by atoms with Crippen LogP contribution < -0.4 is 11.1 Å². The number of amides is 2. The minimum Gasteiger partial charge on any atom is -0.368 e. The number of nitrogens with one attached hydrogen (secondary N) is 1. The van der Waals surface area contributed by atoms with Crippen molar-refractivity contribution in [2.24, 2.45) is 11.1 Å². The zero-order valence-corrected chi connectivity index (χ0v) is 12.4. The maximum Gasteiger partial charge on any atom is 0.240 e. The van der Waals surface area contributed by atoms with E-state index in [1.165, 1.54) is 0 Å². The summed E-state index contributed by atoms with van der Waals surface area (Å²) < 4.78 is 0. The molecule has 1 saturated heterocycles.